The van der Waals surface area contributed by atoms with E-state index in [9.17, 15) is 0 Å². The van der Waals surface area contributed by atoms with E-state index < -0.39 is 0 Å². The van der Waals surface area contributed by atoms with Gasteiger partial charge in [0.1, 0.15) is 23.3 Å². The molecular formula is C30H28BrN3O2S. The third-order valence-corrected chi connectivity index (χ3v) is 8.10. The average molecular weight is 575 g/mol. The first-order chi connectivity index (χ1) is 18.1. The molecule has 1 saturated carbocycles. The van der Waals surface area contributed by atoms with Crippen molar-refractivity contribution in [3.63, 3.8) is 0 Å². The molecule has 1 aliphatic carbocycles. The van der Waals surface area contributed by atoms with Gasteiger partial charge < -0.3 is 19.4 Å². The Morgan fingerprint density at radius 2 is 1.84 bits per heavy atom. The Morgan fingerprint density at radius 3 is 2.57 bits per heavy atom. The van der Waals surface area contributed by atoms with Crippen molar-refractivity contribution >= 4 is 38.9 Å². The summed E-state index contributed by atoms with van der Waals surface area (Å²) >= 11 is 9.56. The zero-order valence-corrected chi connectivity index (χ0v) is 23.0. The van der Waals surface area contributed by atoms with E-state index in [-0.39, 0.29) is 12.1 Å². The second kappa shape index (κ2) is 10.3. The molecule has 3 heterocycles. The van der Waals surface area contributed by atoms with Crippen molar-refractivity contribution in [1.29, 1.82) is 0 Å². The molecule has 2 aromatic carbocycles. The van der Waals surface area contributed by atoms with Crippen molar-refractivity contribution in [2.75, 3.05) is 4.90 Å². The molecule has 4 aromatic rings. The molecule has 0 radical (unpaired) electrons. The largest absolute Gasteiger partial charge is 0.490 e. The fraction of sp³-hybridized carbons (Fsp3) is 0.267. The van der Waals surface area contributed by atoms with E-state index in [1.807, 2.05) is 48.7 Å². The van der Waals surface area contributed by atoms with E-state index in [0.717, 1.165) is 51.5 Å². The number of anilines is 1. The second-order valence-corrected chi connectivity index (χ2v) is 10.9. The highest BCUT2D eigenvalue weighted by Crippen LogP contribution is 2.44. The molecule has 0 spiro atoms. The zero-order valence-electron chi connectivity index (χ0n) is 20.6. The summed E-state index contributed by atoms with van der Waals surface area (Å²) < 4.78 is 13.7. The molecule has 5 nitrogen and oxygen atoms in total. The highest BCUT2D eigenvalue weighted by molar-refractivity contribution is 9.10. The van der Waals surface area contributed by atoms with Crippen molar-refractivity contribution in [2.24, 2.45) is 0 Å². The van der Waals surface area contributed by atoms with E-state index in [0.29, 0.717) is 11.2 Å². The number of thiocarbonyl (C=S) groups is 1. The quantitative estimate of drug-likeness (QED) is 0.236. The Labute approximate surface area is 231 Å². The van der Waals surface area contributed by atoms with E-state index in [1.54, 1.807) is 0 Å². The Hall–Kier alpha value is -3.16. The molecule has 2 aliphatic rings. The maximum absolute atomic E-state index is 6.51. The standard InChI is InChI=1S/C30H28BrN3O2S/c1-19-9-14-23(24(31)18-19)26-15-16-27(36-26)29-28(25-8-4-5-17-32-25)33-30(37)34(29)20-10-12-22(13-11-20)35-21-6-2-3-7-21/h4-5,8-18,21,28-29H,2-3,6-7H2,1H3,(H,33,37). The normalized spacial score (nSPS) is 19.8. The van der Waals surface area contributed by atoms with Gasteiger partial charge in [-0.3, -0.25) is 4.98 Å². The second-order valence-electron chi connectivity index (χ2n) is 9.70. The summed E-state index contributed by atoms with van der Waals surface area (Å²) in [5.74, 6) is 2.52. The third kappa shape index (κ3) is 4.90. The fourth-order valence-corrected chi connectivity index (χ4v) is 6.32. The van der Waals surface area contributed by atoms with Gasteiger partial charge in [-0.1, -0.05) is 28.1 Å². The van der Waals surface area contributed by atoms with Crippen LogP contribution in [0.2, 0.25) is 0 Å². The minimum absolute atomic E-state index is 0.163. The lowest BCUT2D eigenvalue weighted by molar-refractivity contribution is 0.210. The number of nitrogens with one attached hydrogen (secondary N) is 1. The van der Waals surface area contributed by atoms with Crippen LogP contribution in [0.4, 0.5) is 5.69 Å². The lowest BCUT2D eigenvalue weighted by Gasteiger charge is -2.26. The summed E-state index contributed by atoms with van der Waals surface area (Å²) in [5, 5.41) is 4.14. The first-order valence-corrected chi connectivity index (χ1v) is 13.9. The smallest absolute Gasteiger partial charge is 0.174 e. The van der Waals surface area contributed by atoms with Crippen LogP contribution in [0.25, 0.3) is 11.3 Å². The van der Waals surface area contributed by atoms with Crippen molar-refractivity contribution in [1.82, 2.24) is 10.3 Å². The van der Waals surface area contributed by atoms with Gasteiger partial charge in [-0.2, -0.15) is 0 Å². The maximum Gasteiger partial charge on any atom is 0.174 e. The van der Waals surface area contributed by atoms with Crippen LogP contribution < -0.4 is 15.0 Å². The van der Waals surface area contributed by atoms with Crippen molar-refractivity contribution in [2.45, 2.75) is 50.8 Å². The van der Waals surface area contributed by atoms with Crippen molar-refractivity contribution in [3.05, 3.63) is 100 Å². The predicted molar refractivity (Wildman–Crippen MR) is 154 cm³/mol. The van der Waals surface area contributed by atoms with Gasteiger partial charge in [0.15, 0.2) is 5.11 Å². The Bertz CT molecular complexity index is 1400. The molecule has 2 atom stereocenters. The first-order valence-electron chi connectivity index (χ1n) is 12.7. The average Bonchev–Trinajstić information content (AvgIpc) is 3.66. The summed E-state index contributed by atoms with van der Waals surface area (Å²) in [6, 6.07) is 24.1. The number of pyridine rings is 1. The highest BCUT2D eigenvalue weighted by atomic mass is 79.9. The third-order valence-electron chi connectivity index (χ3n) is 7.13. The van der Waals surface area contributed by atoms with E-state index in [4.69, 9.17) is 21.4 Å². The molecule has 188 valence electrons. The molecule has 1 aliphatic heterocycles. The fourth-order valence-electron chi connectivity index (χ4n) is 5.28. The van der Waals surface area contributed by atoms with E-state index in [1.165, 1.54) is 18.4 Å². The van der Waals surface area contributed by atoms with Gasteiger partial charge in [0, 0.05) is 21.9 Å². The van der Waals surface area contributed by atoms with Crippen molar-refractivity contribution in [3.8, 4) is 17.1 Å². The van der Waals surface area contributed by atoms with Gasteiger partial charge in [-0.25, -0.2) is 0 Å². The molecule has 1 N–H and O–H groups in total. The van der Waals surface area contributed by atoms with Crippen LogP contribution in [-0.2, 0) is 0 Å². The maximum atomic E-state index is 6.51. The summed E-state index contributed by atoms with van der Waals surface area (Å²) in [5.41, 5.74) is 4.09. The SMILES string of the molecule is Cc1ccc(-c2ccc(C3C(c4ccccn4)NC(=S)N3c3ccc(OC4CCCC4)cc3)o2)c(Br)c1. The van der Waals surface area contributed by atoms with E-state index in [2.05, 4.69) is 68.4 Å². The Kier molecular flexibility index (Phi) is 6.74. The number of nitrogens with zero attached hydrogens (tertiary/aromatic N) is 2. The number of furan rings is 1. The lowest BCUT2D eigenvalue weighted by Crippen LogP contribution is -2.29. The molecular weight excluding hydrogens is 546 g/mol. The molecule has 6 rings (SSSR count). The number of rotatable bonds is 6. The van der Waals surface area contributed by atoms with Crippen LogP contribution in [0.15, 0.2) is 87.9 Å². The summed E-state index contributed by atoms with van der Waals surface area (Å²) in [7, 11) is 0. The van der Waals surface area contributed by atoms with Crippen LogP contribution in [-0.4, -0.2) is 16.2 Å². The molecule has 37 heavy (non-hydrogen) atoms. The minimum atomic E-state index is -0.207. The highest BCUT2D eigenvalue weighted by Gasteiger charge is 2.42. The predicted octanol–water partition coefficient (Wildman–Crippen LogP) is 7.91. The van der Waals surface area contributed by atoms with Gasteiger partial charge >= 0.3 is 0 Å². The molecule has 2 fully saturated rings. The van der Waals surface area contributed by atoms with Crippen LogP contribution in [0.5, 0.6) is 5.75 Å². The molecule has 2 unspecified atom stereocenters. The van der Waals surface area contributed by atoms with Gasteiger partial charge in [-0.15, -0.1) is 0 Å². The molecule has 2 aromatic heterocycles. The van der Waals surface area contributed by atoms with E-state index >= 15 is 0 Å². The van der Waals surface area contributed by atoms with Gasteiger partial charge in [-0.05, 0) is 111 Å². The number of aryl methyl sites for hydroxylation is 1. The van der Waals surface area contributed by atoms with Gasteiger partial charge in [0.2, 0.25) is 0 Å². The number of halogens is 1. The van der Waals surface area contributed by atoms with Crippen LogP contribution >= 0.6 is 28.1 Å². The number of benzene rings is 2. The molecule has 0 amide bonds. The summed E-state index contributed by atoms with van der Waals surface area (Å²) in [6.07, 6.45) is 6.89. The minimum Gasteiger partial charge on any atom is -0.490 e. The topological polar surface area (TPSA) is 50.5 Å². The Morgan fingerprint density at radius 1 is 1.03 bits per heavy atom. The monoisotopic (exact) mass is 573 g/mol. The Balaban J connectivity index is 1.36. The number of ether oxygens (including phenoxy) is 1. The van der Waals surface area contributed by atoms with Crippen LogP contribution in [0, 0.1) is 6.92 Å². The summed E-state index contributed by atoms with van der Waals surface area (Å²) in [6.45, 7) is 2.08. The van der Waals surface area contributed by atoms with Crippen LogP contribution in [0.3, 0.4) is 0 Å². The van der Waals surface area contributed by atoms with Gasteiger partial charge in [0.05, 0.1) is 17.8 Å². The van der Waals surface area contributed by atoms with Crippen molar-refractivity contribution < 1.29 is 9.15 Å². The summed E-state index contributed by atoms with van der Waals surface area (Å²) in [4.78, 5) is 6.77. The molecule has 1 saturated heterocycles. The van der Waals surface area contributed by atoms with Crippen LogP contribution in [0.1, 0.15) is 54.8 Å². The first kappa shape index (κ1) is 24.2. The van der Waals surface area contributed by atoms with Gasteiger partial charge in [0.25, 0.3) is 0 Å². The number of aromatic nitrogens is 1. The lowest BCUT2D eigenvalue weighted by atomic mass is 10.0. The molecule has 0 bridgehead atoms. The number of hydrogen-bond donors (Lipinski definition) is 1. The molecule has 7 heteroatoms. The zero-order chi connectivity index (χ0) is 25.4. The number of hydrogen-bond acceptors (Lipinski definition) is 4.